The molecular formula is C30H31F3N6O8S. The Hall–Kier alpha value is -4.85. The average Bonchev–Trinajstić information content (AvgIpc) is 3.50. The molecule has 0 saturated carbocycles. The van der Waals surface area contributed by atoms with Gasteiger partial charge in [0.25, 0.3) is 10.0 Å². The van der Waals surface area contributed by atoms with Crippen molar-refractivity contribution in [3.05, 3.63) is 107 Å². The Morgan fingerprint density at radius 3 is 2.31 bits per heavy atom. The summed E-state index contributed by atoms with van der Waals surface area (Å²) < 4.78 is 78.7. The standard InChI is InChI=1S/C30H31F3N6O8S/c1-20-9-11-22(12-10-20)26-19-27(30(31,32)33)34-38(26)24-13-15-25(16-14-24)48(43,44)35-29(41)45-18-17-37(3)39(42)36-47-21(2)46-28(40)23-7-5-4-6-8-23/h4-16,19,21,36,39H,17-18H2,1-3H3,(H,35,41). The molecule has 3 N–H and O–H groups in total. The van der Waals surface area contributed by atoms with Crippen molar-refractivity contribution in [3.8, 4) is 16.9 Å². The number of aromatic nitrogens is 2. The number of likely N-dealkylation sites (N-methyl/N-ethyl adjacent to an activating group) is 1. The van der Waals surface area contributed by atoms with Crippen molar-refractivity contribution in [3.63, 3.8) is 0 Å². The SMILES string of the molecule is Cc1ccc(-c2cc(C(F)(F)F)nn2-c2ccc(S(=O)(=O)NC(=O)OCCN(C)[NH+]([O-])NOC(C)OC(=O)c3ccccc3)cc2)cc1. The second-order valence-corrected chi connectivity index (χ2v) is 11.9. The summed E-state index contributed by atoms with van der Waals surface area (Å²) in [7, 11) is -3.11. The number of amides is 1. The Bertz CT molecular complexity index is 1810. The molecule has 0 bridgehead atoms. The van der Waals surface area contributed by atoms with Gasteiger partial charge >= 0.3 is 18.2 Å². The first-order valence-electron chi connectivity index (χ1n) is 14.1. The maximum atomic E-state index is 13.5. The minimum Gasteiger partial charge on any atom is -0.591 e. The van der Waals surface area contributed by atoms with Gasteiger partial charge in [-0.05, 0) is 55.0 Å². The molecule has 0 spiro atoms. The van der Waals surface area contributed by atoms with E-state index in [9.17, 15) is 36.4 Å². The van der Waals surface area contributed by atoms with Gasteiger partial charge in [-0.1, -0.05) is 48.0 Å². The predicted octanol–water partition coefficient (Wildman–Crippen LogP) is 3.15. The number of esters is 1. The zero-order valence-electron chi connectivity index (χ0n) is 25.7. The molecule has 1 heterocycles. The number of aryl methyl sites for hydroxylation is 1. The van der Waals surface area contributed by atoms with Gasteiger partial charge in [-0.25, -0.2) is 32.2 Å². The van der Waals surface area contributed by atoms with Gasteiger partial charge in [0.05, 0.1) is 28.4 Å². The maximum absolute atomic E-state index is 13.5. The van der Waals surface area contributed by atoms with Gasteiger partial charge in [0, 0.05) is 19.5 Å². The second kappa shape index (κ2) is 15.4. The number of quaternary nitrogens is 1. The van der Waals surface area contributed by atoms with Gasteiger partial charge in [-0.3, -0.25) is 0 Å². The molecular weight excluding hydrogens is 661 g/mol. The van der Waals surface area contributed by atoms with Crippen LogP contribution in [0.1, 0.15) is 28.5 Å². The van der Waals surface area contributed by atoms with E-state index in [2.05, 4.69) is 10.7 Å². The number of hydrogen-bond donors (Lipinski definition) is 3. The normalized spacial score (nSPS) is 13.2. The molecule has 4 rings (SSSR count). The molecule has 14 nitrogen and oxygen atoms in total. The minimum atomic E-state index is -4.72. The van der Waals surface area contributed by atoms with Gasteiger partial charge in [-0.2, -0.15) is 23.6 Å². The molecule has 18 heteroatoms. The number of halogens is 3. The summed E-state index contributed by atoms with van der Waals surface area (Å²) in [6.07, 6.45) is -7.19. The van der Waals surface area contributed by atoms with Crippen molar-refractivity contribution >= 4 is 22.1 Å². The zero-order valence-corrected chi connectivity index (χ0v) is 26.5. The number of hydrogen-bond acceptors (Lipinski definition) is 11. The Balaban J connectivity index is 1.29. The molecule has 0 aliphatic carbocycles. The van der Waals surface area contributed by atoms with Gasteiger partial charge in [-0.15, -0.1) is 5.01 Å². The van der Waals surface area contributed by atoms with Crippen molar-refractivity contribution in [1.82, 2.24) is 25.1 Å². The number of rotatable bonds is 13. The number of benzene rings is 3. The Morgan fingerprint density at radius 1 is 1.04 bits per heavy atom. The lowest BCUT2D eigenvalue weighted by Gasteiger charge is -2.29. The number of carbonyl (C=O) groups excluding carboxylic acids is 2. The van der Waals surface area contributed by atoms with Crippen LogP contribution in [0.5, 0.6) is 0 Å². The van der Waals surface area contributed by atoms with E-state index in [0.717, 1.165) is 33.5 Å². The largest absolute Gasteiger partial charge is 0.591 e. The quantitative estimate of drug-likeness (QED) is 0.107. The van der Waals surface area contributed by atoms with Crippen molar-refractivity contribution < 1.29 is 50.8 Å². The third-order valence-electron chi connectivity index (χ3n) is 6.56. The van der Waals surface area contributed by atoms with Crippen LogP contribution in [0, 0.1) is 12.1 Å². The van der Waals surface area contributed by atoms with E-state index in [1.165, 1.54) is 26.1 Å². The minimum absolute atomic E-state index is 0.130. The smallest absolute Gasteiger partial charge is 0.435 e. The van der Waals surface area contributed by atoms with Crippen molar-refractivity contribution in [1.29, 1.82) is 0 Å². The van der Waals surface area contributed by atoms with Crippen LogP contribution in [-0.2, 0) is 30.5 Å². The molecule has 1 aromatic heterocycles. The highest BCUT2D eigenvalue weighted by molar-refractivity contribution is 7.90. The van der Waals surface area contributed by atoms with E-state index in [1.807, 2.05) is 6.92 Å². The van der Waals surface area contributed by atoms with Gasteiger partial charge in [0.2, 0.25) is 6.29 Å². The zero-order chi connectivity index (χ0) is 35.1. The third kappa shape index (κ3) is 9.59. The molecule has 0 aliphatic rings. The monoisotopic (exact) mass is 692 g/mol. The number of alkyl halides is 3. The number of sulfonamides is 1. The number of nitrogens with one attached hydrogen (secondary N) is 3. The summed E-state index contributed by atoms with van der Waals surface area (Å²) in [6.45, 7) is 2.62. The Morgan fingerprint density at radius 2 is 1.69 bits per heavy atom. The van der Waals surface area contributed by atoms with E-state index >= 15 is 0 Å². The molecule has 256 valence electrons. The lowest BCUT2D eigenvalue weighted by molar-refractivity contribution is -1.03. The molecule has 2 atom stereocenters. The molecule has 4 aromatic rings. The highest BCUT2D eigenvalue weighted by atomic mass is 32.2. The molecule has 1 amide bonds. The molecule has 2 unspecified atom stereocenters. The summed E-state index contributed by atoms with van der Waals surface area (Å²) in [5.41, 5.74) is 2.86. The first kappa shape index (κ1) is 36.0. The van der Waals surface area contributed by atoms with E-state index in [-0.39, 0.29) is 28.4 Å². The lowest BCUT2D eigenvalue weighted by Crippen LogP contribution is -3.19. The highest BCUT2D eigenvalue weighted by Crippen LogP contribution is 2.33. The van der Waals surface area contributed by atoms with E-state index in [1.54, 1.807) is 59.3 Å². The van der Waals surface area contributed by atoms with Crippen molar-refractivity contribution in [2.45, 2.75) is 31.2 Å². The number of carbonyl (C=O) groups is 2. The van der Waals surface area contributed by atoms with Crippen LogP contribution in [0.25, 0.3) is 16.9 Å². The summed E-state index contributed by atoms with van der Waals surface area (Å²) in [6, 6.07) is 20.4. The maximum Gasteiger partial charge on any atom is 0.435 e. The van der Waals surface area contributed by atoms with Gasteiger partial charge < -0.3 is 14.7 Å². The first-order valence-corrected chi connectivity index (χ1v) is 15.6. The van der Waals surface area contributed by atoms with Crippen LogP contribution < -0.4 is 15.6 Å². The molecule has 0 radical (unpaired) electrons. The highest BCUT2D eigenvalue weighted by Gasteiger charge is 2.35. The summed E-state index contributed by atoms with van der Waals surface area (Å²) in [5, 5.41) is 16.2. The molecule has 48 heavy (non-hydrogen) atoms. The van der Waals surface area contributed by atoms with Gasteiger partial charge in [0.15, 0.2) is 5.69 Å². The van der Waals surface area contributed by atoms with Crippen LogP contribution in [0.15, 0.2) is 89.8 Å². The fourth-order valence-electron chi connectivity index (χ4n) is 4.02. The molecule has 0 saturated heterocycles. The van der Waals surface area contributed by atoms with Crippen LogP contribution in [-0.4, -0.2) is 61.8 Å². The molecule has 3 aromatic carbocycles. The van der Waals surface area contributed by atoms with E-state index in [0.29, 0.717) is 5.56 Å². The average molecular weight is 693 g/mol. The fourth-order valence-corrected chi connectivity index (χ4v) is 4.91. The van der Waals surface area contributed by atoms with E-state index in [4.69, 9.17) is 14.3 Å². The molecule has 0 aliphatic heterocycles. The van der Waals surface area contributed by atoms with Crippen LogP contribution in [0.3, 0.4) is 0 Å². The van der Waals surface area contributed by atoms with Crippen LogP contribution in [0.2, 0.25) is 0 Å². The Labute approximate surface area is 273 Å². The van der Waals surface area contributed by atoms with E-state index < -0.39 is 52.1 Å². The van der Waals surface area contributed by atoms with Crippen molar-refractivity contribution in [2.75, 3.05) is 20.2 Å². The van der Waals surface area contributed by atoms with Gasteiger partial charge in [0.1, 0.15) is 6.61 Å². The summed E-state index contributed by atoms with van der Waals surface area (Å²) in [5.74, 6) is -0.666. The van der Waals surface area contributed by atoms with Crippen LogP contribution >= 0.6 is 0 Å². The number of nitrogens with zero attached hydrogens (tertiary/aromatic N) is 3. The fraction of sp³-hybridized carbons (Fsp3) is 0.233. The summed E-state index contributed by atoms with van der Waals surface area (Å²) in [4.78, 5) is 28.9. The summed E-state index contributed by atoms with van der Waals surface area (Å²) >= 11 is 0. The third-order valence-corrected chi connectivity index (χ3v) is 7.89. The lowest BCUT2D eigenvalue weighted by atomic mass is 10.1. The predicted molar refractivity (Wildman–Crippen MR) is 163 cm³/mol. The van der Waals surface area contributed by atoms with Crippen molar-refractivity contribution in [2.24, 2.45) is 0 Å². The topological polar surface area (TPSA) is 169 Å². The number of ether oxygens (including phenoxy) is 2. The molecule has 0 fully saturated rings. The second-order valence-electron chi connectivity index (χ2n) is 10.2. The van der Waals surface area contributed by atoms with Crippen LogP contribution in [0.4, 0.5) is 18.0 Å². The first-order chi connectivity index (χ1) is 22.6. The Kier molecular flexibility index (Phi) is 11.5.